The van der Waals surface area contributed by atoms with Gasteiger partial charge in [-0.15, -0.1) is 10.3 Å². The minimum Gasteiger partial charge on any atom is -0.443 e. The lowest BCUT2D eigenvalue weighted by Crippen LogP contribution is -2.48. The Labute approximate surface area is 239 Å². The van der Waals surface area contributed by atoms with Gasteiger partial charge in [0.1, 0.15) is 17.1 Å². The average Bonchev–Trinajstić information content (AvgIpc) is 2.93. The first kappa shape index (κ1) is 31.7. The third-order valence-corrected chi connectivity index (χ3v) is 11.9. The van der Waals surface area contributed by atoms with Gasteiger partial charge >= 0.3 is 6.09 Å². The Kier molecular flexibility index (Phi) is 10.1. The van der Waals surface area contributed by atoms with Gasteiger partial charge in [-0.3, -0.25) is 9.88 Å². The van der Waals surface area contributed by atoms with Crippen molar-refractivity contribution in [3.8, 4) is 0 Å². The number of amides is 1. The summed E-state index contributed by atoms with van der Waals surface area (Å²) in [5, 5.41) is 0. The number of hydrogen-bond acceptors (Lipinski definition) is 6. The predicted molar refractivity (Wildman–Crippen MR) is 165 cm³/mol. The maximum absolute atomic E-state index is 14.1. The Morgan fingerprint density at radius 1 is 1.13 bits per heavy atom. The first-order chi connectivity index (χ1) is 18.0. The molecule has 0 radical (unpaired) electrons. The fraction of sp³-hybridized carbons (Fsp3) is 0.774. The first-order valence-electron chi connectivity index (χ1n) is 14.6. The summed E-state index contributed by atoms with van der Waals surface area (Å²) >= 11 is 0. The molecule has 0 N–H and O–H groups in total. The van der Waals surface area contributed by atoms with Crippen molar-refractivity contribution in [2.45, 2.75) is 116 Å². The van der Waals surface area contributed by atoms with Crippen LogP contribution in [-0.2, 0) is 8.92 Å². The van der Waals surface area contributed by atoms with Crippen LogP contribution in [0.1, 0.15) is 99.6 Å². The van der Waals surface area contributed by atoms with Gasteiger partial charge in [-0.25, -0.2) is 9.78 Å². The van der Waals surface area contributed by atoms with Gasteiger partial charge in [-0.2, -0.15) is 0 Å². The van der Waals surface area contributed by atoms with Crippen LogP contribution in [0.15, 0.2) is 18.5 Å². The molecule has 0 bridgehead atoms. The van der Waals surface area contributed by atoms with Crippen LogP contribution in [0.5, 0.6) is 0 Å². The molecule has 1 fully saturated rings. The van der Waals surface area contributed by atoms with E-state index in [1.807, 2.05) is 31.9 Å². The van der Waals surface area contributed by atoms with Crippen LogP contribution >= 0.6 is 10.3 Å². The molecule has 0 aromatic carbocycles. The Balaban J connectivity index is 2.07. The van der Waals surface area contributed by atoms with Crippen LogP contribution in [0.25, 0.3) is 5.70 Å². The van der Waals surface area contributed by atoms with E-state index in [1.165, 1.54) is 19.3 Å². The van der Waals surface area contributed by atoms with Crippen molar-refractivity contribution >= 4 is 27.9 Å². The Bertz CT molecular complexity index is 1010. The van der Waals surface area contributed by atoms with Crippen LogP contribution in [0.4, 0.5) is 10.6 Å². The quantitative estimate of drug-likeness (QED) is 0.324. The van der Waals surface area contributed by atoms with Gasteiger partial charge in [0.15, 0.2) is 0 Å². The lowest BCUT2D eigenvalue weighted by molar-refractivity contribution is 0.0181. The van der Waals surface area contributed by atoms with Gasteiger partial charge in [0.25, 0.3) is 0 Å². The zero-order valence-corrected chi connectivity index (χ0v) is 27.2. The number of nitrogens with zero attached hydrogens (tertiary/aromatic N) is 4. The molecule has 0 saturated heterocycles. The molecule has 8 heteroatoms. The summed E-state index contributed by atoms with van der Waals surface area (Å²) in [5.74, 6) is 1.62. The van der Waals surface area contributed by atoms with E-state index in [-0.39, 0.29) is 22.8 Å². The maximum Gasteiger partial charge on any atom is 0.415 e. The van der Waals surface area contributed by atoms with Crippen molar-refractivity contribution in [3.05, 3.63) is 24.2 Å². The van der Waals surface area contributed by atoms with Crippen LogP contribution < -0.4 is 4.90 Å². The van der Waals surface area contributed by atoms with Crippen molar-refractivity contribution in [1.29, 1.82) is 0 Å². The summed E-state index contributed by atoms with van der Waals surface area (Å²) in [7, 11) is 0.710. The van der Waals surface area contributed by atoms with Crippen LogP contribution in [0.2, 0.25) is 0 Å². The molecular formula is C31H54N4O3S. The number of allylic oxidation sites excluding steroid dienone is 1. The molecule has 2 aliphatic rings. The van der Waals surface area contributed by atoms with Gasteiger partial charge in [0, 0.05) is 17.8 Å². The smallest absolute Gasteiger partial charge is 0.415 e. The summed E-state index contributed by atoms with van der Waals surface area (Å²) < 4.78 is 12.8. The number of ether oxygens (including phenoxy) is 1. The zero-order chi connectivity index (χ0) is 29.2. The topological polar surface area (TPSA) is 67.8 Å². The summed E-state index contributed by atoms with van der Waals surface area (Å²) in [4.78, 5) is 27.8. The summed E-state index contributed by atoms with van der Waals surface area (Å²) in [5.41, 5.74) is 0.868. The highest BCUT2D eigenvalue weighted by Crippen LogP contribution is 2.54. The van der Waals surface area contributed by atoms with E-state index in [1.54, 1.807) is 6.20 Å². The van der Waals surface area contributed by atoms with E-state index in [4.69, 9.17) is 13.9 Å². The number of aromatic nitrogens is 2. The van der Waals surface area contributed by atoms with E-state index in [0.717, 1.165) is 30.8 Å². The van der Waals surface area contributed by atoms with Crippen LogP contribution in [-0.4, -0.2) is 69.6 Å². The second-order valence-corrected chi connectivity index (χ2v) is 18.0. The molecule has 3 rings (SSSR count). The molecule has 2 heterocycles. The van der Waals surface area contributed by atoms with E-state index >= 15 is 0 Å². The largest absolute Gasteiger partial charge is 0.443 e. The minimum atomic E-state index is -1.38. The van der Waals surface area contributed by atoms with Crippen molar-refractivity contribution in [3.63, 3.8) is 0 Å². The monoisotopic (exact) mass is 562 g/mol. The van der Waals surface area contributed by atoms with Crippen molar-refractivity contribution < 1.29 is 13.7 Å². The number of carbonyl (C=O) groups is 1. The first-order valence-corrected chi connectivity index (χ1v) is 17.0. The molecule has 222 valence electrons. The number of anilines is 1. The van der Waals surface area contributed by atoms with Crippen molar-refractivity contribution in [1.82, 2.24) is 14.9 Å². The fourth-order valence-electron chi connectivity index (χ4n) is 5.00. The Hall–Kier alpha value is -1.80. The molecule has 7 nitrogen and oxygen atoms in total. The van der Waals surface area contributed by atoms with Crippen LogP contribution in [0, 0.1) is 11.8 Å². The second-order valence-electron chi connectivity index (χ2n) is 14.1. The van der Waals surface area contributed by atoms with Gasteiger partial charge in [-0.1, -0.05) is 40.7 Å². The van der Waals surface area contributed by atoms with Gasteiger partial charge < -0.3 is 13.8 Å². The molecule has 1 aromatic heterocycles. The fourth-order valence-corrected chi connectivity index (χ4v) is 5.84. The number of rotatable bonds is 8. The lowest BCUT2D eigenvalue weighted by Gasteiger charge is -2.46. The molecule has 2 unspecified atom stereocenters. The molecule has 2 atom stereocenters. The van der Waals surface area contributed by atoms with Crippen LogP contribution in [0.3, 0.4) is 0 Å². The van der Waals surface area contributed by atoms with Gasteiger partial charge in [0.05, 0.1) is 30.7 Å². The molecule has 1 saturated carbocycles. The molecule has 1 aliphatic carbocycles. The highest BCUT2D eigenvalue weighted by atomic mass is 32.3. The molecular weight excluding hydrogens is 508 g/mol. The van der Waals surface area contributed by atoms with Crippen molar-refractivity contribution in [2.75, 3.05) is 31.1 Å². The summed E-state index contributed by atoms with van der Waals surface area (Å²) in [6.45, 7) is 17.4. The summed E-state index contributed by atoms with van der Waals surface area (Å²) in [6, 6.07) is 0.332. The number of hydrogen-bond donors (Lipinski definition) is 0. The standard InChI is InChI=1S/C31H54N4O3S/c1-22(2)18-23-14-12-17-26(25-19-32-20-28(33-25)34(9)24-15-13-16-24)35(29(36)38-30(3,4)5)27(23)21-37-39(10,11)31(6,7)8/h17,19-20,22-24,27H,12-16,18,21H2,1-11H3. The highest BCUT2D eigenvalue weighted by molar-refractivity contribution is 8.29. The second kappa shape index (κ2) is 12.4. The zero-order valence-electron chi connectivity index (χ0n) is 26.4. The van der Waals surface area contributed by atoms with E-state index in [2.05, 4.69) is 70.1 Å². The third kappa shape index (κ3) is 8.12. The van der Waals surface area contributed by atoms with Gasteiger partial charge in [-0.05, 0) is 83.6 Å². The molecule has 1 aromatic rings. The summed E-state index contributed by atoms with van der Waals surface area (Å²) in [6.07, 6.45) is 16.3. The Morgan fingerprint density at radius 3 is 2.33 bits per heavy atom. The van der Waals surface area contributed by atoms with Crippen molar-refractivity contribution in [2.24, 2.45) is 11.8 Å². The van der Waals surface area contributed by atoms with E-state index in [0.29, 0.717) is 24.3 Å². The molecule has 1 amide bonds. The van der Waals surface area contributed by atoms with E-state index in [9.17, 15) is 4.79 Å². The number of carbonyl (C=O) groups excluding carboxylic acids is 1. The van der Waals surface area contributed by atoms with E-state index < -0.39 is 15.9 Å². The van der Waals surface area contributed by atoms with Gasteiger partial charge in [0.2, 0.25) is 0 Å². The molecule has 39 heavy (non-hydrogen) atoms. The lowest BCUT2D eigenvalue weighted by atomic mass is 9.87. The SMILES string of the molecule is CC(C)CC1CCC=C(c2cncc(N(C)C3CCC3)n2)N(C(=O)OC(C)(C)C)C1COS(C)(C)C(C)(C)C. The minimum absolute atomic E-state index is 0.0204. The highest BCUT2D eigenvalue weighted by Gasteiger charge is 2.40. The Morgan fingerprint density at radius 2 is 1.79 bits per heavy atom. The normalized spacial score (nSPS) is 21.7. The molecule has 0 spiro atoms. The average molecular weight is 563 g/mol. The molecule has 1 aliphatic heterocycles. The predicted octanol–water partition coefficient (Wildman–Crippen LogP) is 7.66. The maximum atomic E-state index is 14.1. The third-order valence-electron chi connectivity index (χ3n) is 8.25.